The third-order valence-electron chi connectivity index (χ3n) is 4.33. The van der Waals surface area contributed by atoms with Gasteiger partial charge in [0.2, 0.25) is 5.95 Å². The molecule has 9 heteroatoms. The van der Waals surface area contributed by atoms with Crippen LogP contribution in [0.5, 0.6) is 5.75 Å². The molecule has 0 fully saturated rings. The fourth-order valence-electron chi connectivity index (χ4n) is 2.72. The predicted octanol–water partition coefficient (Wildman–Crippen LogP) is 6.69. The van der Waals surface area contributed by atoms with E-state index in [1.165, 1.54) is 12.1 Å². The minimum Gasteiger partial charge on any atom is -0.494 e. The Kier molecular flexibility index (Phi) is 7.28. The summed E-state index contributed by atoms with van der Waals surface area (Å²) in [7, 11) is 0. The first-order valence-corrected chi connectivity index (χ1v) is 9.82. The largest absolute Gasteiger partial charge is 0.494 e. The summed E-state index contributed by atoms with van der Waals surface area (Å²) in [6, 6.07) is 11.9. The van der Waals surface area contributed by atoms with Crippen molar-refractivity contribution < 1.29 is 22.3 Å². The number of anilines is 4. The zero-order valence-corrected chi connectivity index (χ0v) is 16.8. The first kappa shape index (κ1) is 22.3. The SMILES string of the molecule is CCCCCOc1ccc(Nc2ncc(C(F)(F)F)c(Nc3ccc(F)cc3)n2)cc1. The molecule has 0 amide bonds. The highest BCUT2D eigenvalue weighted by atomic mass is 19.4. The Morgan fingerprint density at radius 2 is 1.55 bits per heavy atom. The van der Waals surface area contributed by atoms with Crippen LogP contribution >= 0.6 is 0 Å². The van der Waals surface area contributed by atoms with E-state index in [0.717, 1.165) is 31.4 Å². The van der Waals surface area contributed by atoms with E-state index >= 15 is 0 Å². The average Bonchev–Trinajstić information content (AvgIpc) is 2.73. The van der Waals surface area contributed by atoms with Crippen LogP contribution in [0.3, 0.4) is 0 Å². The number of rotatable bonds is 9. The van der Waals surface area contributed by atoms with Crippen LogP contribution in [0.2, 0.25) is 0 Å². The number of halogens is 4. The van der Waals surface area contributed by atoms with Gasteiger partial charge in [0.05, 0.1) is 6.61 Å². The van der Waals surface area contributed by atoms with Crippen LogP contribution < -0.4 is 15.4 Å². The van der Waals surface area contributed by atoms with Crippen LogP contribution in [0, 0.1) is 5.82 Å². The van der Waals surface area contributed by atoms with E-state index in [-0.39, 0.29) is 11.6 Å². The Balaban J connectivity index is 1.74. The third-order valence-corrected chi connectivity index (χ3v) is 4.33. The molecule has 0 aliphatic carbocycles. The molecule has 5 nitrogen and oxygen atoms in total. The third kappa shape index (κ3) is 6.56. The molecule has 164 valence electrons. The lowest BCUT2D eigenvalue weighted by Crippen LogP contribution is -2.12. The van der Waals surface area contributed by atoms with Crippen LogP contribution in [0.15, 0.2) is 54.7 Å². The Morgan fingerprint density at radius 1 is 0.903 bits per heavy atom. The minimum absolute atomic E-state index is 0.0192. The van der Waals surface area contributed by atoms with Crippen LogP contribution in [-0.2, 0) is 6.18 Å². The molecule has 0 radical (unpaired) electrons. The Morgan fingerprint density at radius 3 is 2.19 bits per heavy atom. The summed E-state index contributed by atoms with van der Waals surface area (Å²) < 4.78 is 58.8. The molecule has 3 aromatic rings. The van der Waals surface area contributed by atoms with Crippen molar-refractivity contribution in [1.29, 1.82) is 0 Å². The zero-order chi connectivity index (χ0) is 22.3. The summed E-state index contributed by atoms with van der Waals surface area (Å²) in [5.41, 5.74) is -0.173. The molecule has 3 rings (SSSR count). The van der Waals surface area contributed by atoms with Gasteiger partial charge < -0.3 is 15.4 Å². The molecule has 0 atom stereocenters. The van der Waals surface area contributed by atoms with E-state index in [1.54, 1.807) is 24.3 Å². The molecule has 0 unspecified atom stereocenters. The van der Waals surface area contributed by atoms with Crippen molar-refractivity contribution in [1.82, 2.24) is 9.97 Å². The zero-order valence-electron chi connectivity index (χ0n) is 16.8. The van der Waals surface area contributed by atoms with Crippen molar-refractivity contribution in [3.63, 3.8) is 0 Å². The summed E-state index contributed by atoms with van der Waals surface area (Å²) in [5.74, 6) is -0.250. The number of alkyl halides is 3. The molecule has 2 aromatic carbocycles. The number of nitrogens with one attached hydrogen (secondary N) is 2. The number of nitrogens with zero attached hydrogens (tertiary/aromatic N) is 2. The van der Waals surface area contributed by atoms with E-state index in [9.17, 15) is 17.6 Å². The molecular weight excluding hydrogens is 412 g/mol. The van der Waals surface area contributed by atoms with Crippen molar-refractivity contribution >= 4 is 23.1 Å². The minimum atomic E-state index is -4.66. The summed E-state index contributed by atoms with van der Waals surface area (Å²) >= 11 is 0. The van der Waals surface area contributed by atoms with Gasteiger partial charge in [-0.05, 0) is 55.0 Å². The van der Waals surface area contributed by atoms with Crippen molar-refractivity contribution in [3.8, 4) is 5.75 Å². The highest BCUT2D eigenvalue weighted by Gasteiger charge is 2.35. The van der Waals surface area contributed by atoms with Crippen molar-refractivity contribution in [2.24, 2.45) is 0 Å². The smallest absolute Gasteiger partial charge is 0.421 e. The number of benzene rings is 2. The maximum Gasteiger partial charge on any atom is 0.421 e. The standard InChI is InChI=1S/C22H22F4N4O/c1-2-3-4-13-31-18-11-9-17(10-12-18)29-21-27-14-19(22(24,25)26)20(30-21)28-16-7-5-15(23)6-8-16/h5-12,14H,2-4,13H2,1H3,(H2,27,28,29,30). The predicted molar refractivity (Wildman–Crippen MR) is 111 cm³/mol. The molecule has 0 saturated carbocycles. The summed E-state index contributed by atoms with van der Waals surface area (Å²) in [6.07, 6.45) is -0.777. The first-order valence-electron chi connectivity index (χ1n) is 9.82. The lowest BCUT2D eigenvalue weighted by molar-refractivity contribution is -0.137. The summed E-state index contributed by atoms with van der Waals surface area (Å²) in [4.78, 5) is 7.74. The number of unbranched alkanes of at least 4 members (excludes halogenated alkanes) is 2. The van der Waals surface area contributed by atoms with Gasteiger partial charge in [-0.3, -0.25) is 0 Å². The van der Waals surface area contributed by atoms with Gasteiger partial charge >= 0.3 is 6.18 Å². The Labute approximate surface area is 177 Å². The van der Waals surface area contributed by atoms with Gasteiger partial charge in [-0.15, -0.1) is 0 Å². The van der Waals surface area contributed by atoms with Crippen LogP contribution in [-0.4, -0.2) is 16.6 Å². The summed E-state index contributed by atoms with van der Waals surface area (Å²) in [6.45, 7) is 2.74. The average molecular weight is 434 g/mol. The van der Waals surface area contributed by atoms with E-state index < -0.39 is 23.4 Å². The van der Waals surface area contributed by atoms with Crippen LogP contribution in [0.4, 0.5) is 40.7 Å². The van der Waals surface area contributed by atoms with E-state index in [4.69, 9.17) is 4.74 Å². The molecule has 2 N–H and O–H groups in total. The van der Waals surface area contributed by atoms with Gasteiger partial charge in [0.15, 0.2) is 0 Å². The van der Waals surface area contributed by atoms with Gasteiger partial charge in [0, 0.05) is 17.6 Å². The second-order valence-corrected chi connectivity index (χ2v) is 6.79. The lowest BCUT2D eigenvalue weighted by Gasteiger charge is -2.15. The monoisotopic (exact) mass is 434 g/mol. The molecule has 0 aliphatic rings. The molecule has 31 heavy (non-hydrogen) atoms. The molecule has 0 bridgehead atoms. The van der Waals surface area contributed by atoms with E-state index in [2.05, 4.69) is 27.5 Å². The quantitative estimate of drug-likeness (QED) is 0.290. The second kappa shape index (κ2) is 10.1. The van der Waals surface area contributed by atoms with Gasteiger partial charge in [-0.2, -0.15) is 18.2 Å². The maximum absolute atomic E-state index is 13.4. The normalized spacial score (nSPS) is 11.3. The molecule has 1 heterocycles. The number of hydrogen-bond donors (Lipinski definition) is 2. The molecular formula is C22H22F4N4O. The molecule has 0 aliphatic heterocycles. The summed E-state index contributed by atoms with van der Waals surface area (Å²) in [5, 5.41) is 5.45. The maximum atomic E-state index is 13.4. The van der Waals surface area contributed by atoms with Crippen molar-refractivity contribution in [3.05, 3.63) is 66.1 Å². The van der Waals surface area contributed by atoms with Gasteiger partial charge in [-0.1, -0.05) is 19.8 Å². The Bertz CT molecular complexity index is 976. The molecule has 0 saturated heterocycles. The van der Waals surface area contributed by atoms with Crippen molar-refractivity contribution in [2.75, 3.05) is 17.2 Å². The van der Waals surface area contributed by atoms with E-state index in [0.29, 0.717) is 24.2 Å². The highest BCUT2D eigenvalue weighted by molar-refractivity contribution is 5.63. The van der Waals surface area contributed by atoms with Gasteiger partial charge in [0.1, 0.15) is 22.9 Å². The molecule has 0 spiro atoms. The molecule has 1 aromatic heterocycles. The van der Waals surface area contributed by atoms with Crippen molar-refractivity contribution in [2.45, 2.75) is 32.4 Å². The number of hydrogen-bond acceptors (Lipinski definition) is 5. The fraction of sp³-hybridized carbons (Fsp3) is 0.273. The Hall–Kier alpha value is -3.36. The second-order valence-electron chi connectivity index (χ2n) is 6.79. The van der Waals surface area contributed by atoms with Gasteiger partial charge in [-0.25, -0.2) is 9.37 Å². The van der Waals surface area contributed by atoms with Crippen LogP contribution in [0.1, 0.15) is 31.7 Å². The van der Waals surface area contributed by atoms with Gasteiger partial charge in [0.25, 0.3) is 0 Å². The fourth-order valence-corrected chi connectivity index (χ4v) is 2.72. The number of ether oxygens (including phenoxy) is 1. The van der Waals surface area contributed by atoms with E-state index in [1.807, 2.05) is 0 Å². The van der Waals surface area contributed by atoms with Crippen LogP contribution in [0.25, 0.3) is 0 Å². The lowest BCUT2D eigenvalue weighted by atomic mass is 10.2. The first-order chi connectivity index (χ1) is 14.8. The number of aromatic nitrogens is 2. The topological polar surface area (TPSA) is 59.1 Å². The highest BCUT2D eigenvalue weighted by Crippen LogP contribution is 2.35.